The Morgan fingerprint density at radius 1 is 1.50 bits per heavy atom. The van der Waals surface area contributed by atoms with Gasteiger partial charge in [-0.05, 0) is 26.7 Å². The highest BCUT2D eigenvalue weighted by molar-refractivity contribution is 14.1. The van der Waals surface area contributed by atoms with Crippen molar-refractivity contribution in [1.29, 1.82) is 0 Å². The minimum Gasteiger partial charge on any atom is -0.469 e. The molecule has 0 aromatic carbocycles. The van der Waals surface area contributed by atoms with E-state index in [9.17, 15) is 4.79 Å². The van der Waals surface area contributed by atoms with Gasteiger partial charge in [0, 0.05) is 4.43 Å². The number of fused-ring (bicyclic) bond motifs is 1. The minimum absolute atomic E-state index is 0.0573. The van der Waals surface area contributed by atoms with Crippen LogP contribution in [-0.4, -0.2) is 28.7 Å². The average molecular weight is 310 g/mol. The quantitative estimate of drug-likeness (QED) is 0.444. The molecule has 1 aliphatic carbocycles. The van der Waals surface area contributed by atoms with Crippen molar-refractivity contribution in [2.24, 2.45) is 5.41 Å². The molecule has 0 unspecified atom stereocenters. The first kappa shape index (κ1) is 10.7. The maximum Gasteiger partial charge on any atom is 0.314 e. The largest absolute Gasteiger partial charge is 0.469 e. The lowest BCUT2D eigenvalue weighted by molar-refractivity contribution is -0.160. The molecular weight excluding hydrogens is 295 g/mol. The van der Waals surface area contributed by atoms with Crippen molar-refractivity contribution in [2.75, 3.05) is 11.5 Å². The Balaban J connectivity index is 2.29. The van der Waals surface area contributed by atoms with Crippen molar-refractivity contribution < 1.29 is 14.3 Å². The molecule has 2 heterocycles. The Morgan fingerprint density at radius 2 is 2.07 bits per heavy atom. The summed E-state index contributed by atoms with van der Waals surface area (Å²) in [5.41, 5.74) is -0.809. The molecule has 4 heteroatoms. The Labute approximate surface area is 97.7 Å². The van der Waals surface area contributed by atoms with E-state index in [1.54, 1.807) is 0 Å². The summed E-state index contributed by atoms with van der Waals surface area (Å²) >= 11 is 2.33. The highest BCUT2D eigenvalue weighted by atomic mass is 127. The first-order valence-electron chi connectivity index (χ1n) is 4.76. The molecule has 14 heavy (non-hydrogen) atoms. The van der Waals surface area contributed by atoms with Gasteiger partial charge in [-0.3, -0.25) is 4.79 Å². The van der Waals surface area contributed by atoms with Gasteiger partial charge in [0.05, 0.1) is 18.3 Å². The predicted molar refractivity (Wildman–Crippen MR) is 60.5 cm³/mol. The Kier molecular flexibility index (Phi) is 2.17. The summed E-state index contributed by atoms with van der Waals surface area (Å²) in [6.45, 7) is 3.98. The summed E-state index contributed by atoms with van der Waals surface area (Å²) in [5, 5.41) is 0. The Bertz CT molecular complexity index is 279. The van der Waals surface area contributed by atoms with Gasteiger partial charge in [0.25, 0.3) is 0 Å². The molecule has 1 saturated carbocycles. The van der Waals surface area contributed by atoms with Gasteiger partial charge in [-0.1, -0.05) is 22.6 Å². The number of halogens is 1. The number of carbonyl (C=O) groups excluding carboxylic acids is 1. The molecule has 0 N–H and O–H groups in total. The van der Waals surface area contributed by atoms with Gasteiger partial charge in [0.15, 0.2) is 0 Å². The van der Waals surface area contributed by atoms with Crippen LogP contribution >= 0.6 is 22.6 Å². The highest BCUT2D eigenvalue weighted by Gasteiger charge is 2.75. The number of hydrogen-bond acceptors (Lipinski definition) is 3. The van der Waals surface area contributed by atoms with Gasteiger partial charge in [-0.25, -0.2) is 0 Å². The number of ether oxygens (including phenoxy) is 2. The van der Waals surface area contributed by atoms with E-state index in [-0.39, 0.29) is 22.6 Å². The zero-order valence-corrected chi connectivity index (χ0v) is 10.9. The van der Waals surface area contributed by atoms with Crippen LogP contribution in [-0.2, 0) is 14.3 Å². The zero-order chi connectivity index (χ0) is 10.6. The van der Waals surface area contributed by atoms with Gasteiger partial charge in [-0.2, -0.15) is 0 Å². The minimum atomic E-state index is -0.382. The van der Waals surface area contributed by atoms with E-state index < -0.39 is 0 Å². The van der Waals surface area contributed by atoms with Gasteiger partial charge in [0.2, 0.25) is 0 Å². The predicted octanol–water partition coefficient (Wildman–Crippen LogP) is 1.92. The Morgan fingerprint density at radius 3 is 2.43 bits per heavy atom. The normalized spacial score (nSPS) is 43.1. The van der Waals surface area contributed by atoms with Crippen molar-refractivity contribution in [1.82, 2.24) is 0 Å². The second-order valence-corrected chi connectivity index (χ2v) is 5.62. The van der Waals surface area contributed by atoms with E-state index in [0.29, 0.717) is 0 Å². The third-order valence-electron chi connectivity index (χ3n) is 3.69. The van der Waals surface area contributed by atoms with E-state index in [1.807, 2.05) is 13.8 Å². The van der Waals surface area contributed by atoms with Gasteiger partial charge >= 0.3 is 5.97 Å². The van der Waals surface area contributed by atoms with Crippen LogP contribution in [0.15, 0.2) is 0 Å². The third kappa shape index (κ3) is 1.04. The van der Waals surface area contributed by atoms with Crippen molar-refractivity contribution in [3.05, 3.63) is 0 Å². The van der Waals surface area contributed by atoms with Crippen LogP contribution < -0.4 is 0 Å². The van der Waals surface area contributed by atoms with E-state index in [0.717, 1.165) is 17.3 Å². The molecule has 0 amide bonds. The molecule has 0 aromatic rings. The van der Waals surface area contributed by atoms with Crippen LogP contribution in [0.4, 0.5) is 0 Å². The number of hydrogen-bond donors (Lipinski definition) is 0. The lowest BCUT2D eigenvalue weighted by Gasteiger charge is -2.43. The van der Waals surface area contributed by atoms with Crippen molar-refractivity contribution in [3.8, 4) is 0 Å². The van der Waals surface area contributed by atoms with Gasteiger partial charge in [0.1, 0.15) is 5.41 Å². The van der Waals surface area contributed by atoms with Crippen molar-refractivity contribution >= 4 is 28.6 Å². The standard InChI is InChI=1S/C10H15IO3/c1-8(2)10(7(12)13-3)4-9(5-10,6-11)14-8/h4-6H2,1-3H3. The molecule has 3 nitrogen and oxygen atoms in total. The first-order chi connectivity index (χ1) is 6.41. The monoisotopic (exact) mass is 310 g/mol. The summed E-state index contributed by atoms with van der Waals surface area (Å²) in [4.78, 5) is 11.7. The number of carbonyl (C=O) groups is 1. The SMILES string of the molecule is COC(=O)C12CC(CI)(C1)OC2(C)C. The molecule has 0 atom stereocenters. The smallest absolute Gasteiger partial charge is 0.314 e. The van der Waals surface area contributed by atoms with Crippen LogP contribution in [0.1, 0.15) is 26.7 Å². The number of esters is 1. The lowest BCUT2D eigenvalue weighted by atomic mass is 9.57. The van der Waals surface area contributed by atoms with E-state index >= 15 is 0 Å². The van der Waals surface area contributed by atoms with Crippen LogP contribution in [0, 0.1) is 5.41 Å². The molecule has 3 aliphatic rings. The maximum absolute atomic E-state index is 11.7. The lowest BCUT2D eigenvalue weighted by Crippen LogP contribution is -2.53. The summed E-state index contributed by atoms with van der Waals surface area (Å²) in [6.07, 6.45) is 1.64. The van der Waals surface area contributed by atoms with Gasteiger partial charge < -0.3 is 9.47 Å². The third-order valence-corrected chi connectivity index (χ3v) is 5.08. The molecule has 2 aliphatic heterocycles. The second kappa shape index (κ2) is 2.84. The van der Waals surface area contributed by atoms with Crippen LogP contribution in [0.5, 0.6) is 0 Å². The molecule has 0 radical (unpaired) electrons. The number of alkyl halides is 1. The van der Waals surface area contributed by atoms with Crippen LogP contribution in [0.3, 0.4) is 0 Å². The molecule has 3 fully saturated rings. The van der Waals surface area contributed by atoms with Crippen molar-refractivity contribution in [3.63, 3.8) is 0 Å². The molecule has 0 aromatic heterocycles. The maximum atomic E-state index is 11.7. The number of methoxy groups -OCH3 is 1. The summed E-state index contributed by atoms with van der Waals surface area (Å²) in [7, 11) is 1.45. The fraction of sp³-hybridized carbons (Fsp3) is 0.900. The summed E-state index contributed by atoms with van der Waals surface area (Å²) < 4.78 is 11.8. The van der Waals surface area contributed by atoms with E-state index in [4.69, 9.17) is 9.47 Å². The second-order valence-electron chi connectivity index (χ2n) is 4.86. The topological polar surface area (TPSA) is 35.5 Å². The summed E-state index contributed by atoms with van der Waals surface area (Å²) in [5.74, 6) is -0.111. The first-order valence-corrected chi connectivity index (χ1v) is 6.29. The molecule has 80 valence electrons. The molecule has 3 rings (SSSR count). The fourth-order valence-corrected chi connectivity index (χ4v) is 3.59. The van der Waals surface area contributed by atoms with Crippen molar-refractivity contribution in [2.45, 2.75) is 37.9 Å². The fourth-order valence-electron chi connectivity index (χ4n) is 2.89. The van der Waals surface area contributed by atoms with Crippen LogP contribution in [0.2, 0.25) is 0 Å². The molecule has 0 spiro atoms. The van der Waals surface area contributed by atoms with Crippen LogP contribution in [0.25, 0.3) is 0 Å². The molecule has 2 saturated heterocycles. The number of rotatable bonds is 2. The highest BCUT2D eigenvalue weighted by Crippen LogP contribution is 2.67. The van der Waals surface area contributed by atoms with Gasteiger partial charge in [-0.15, -0.1) is 0 Å². The molecular formula is C10H15IO3. The molecule has 2 bridgehead atoms. The average Bonchev–Trinajstić information content (AvgIpc) is 2.44. The van der Waals surface area contributed by atoms with E-state index in [2.05, 4.69) is 22.6 Å². The Hall–Kier alpha value is 0.160. The summed E-state index contributed by atoms with van der Waals surface area (Å²) in [6, 6.07) is 0. The zero-order valence-electron chi connectivity index (χ0n) is 8.72. The van der Waals surface area contributed by atoms with E-state index in [1.165, 1.54) is 7.11 Å².